The average Bonchev–Trinajstić information content (AvgIpc) is 2.78. The van der Waals surface area contributed by atoms with Gasteiger partial charge in [0.15, 0.2) is 0 Å². The summed E-state index contributed by atoms with van der Waals surface area (Å²) in [7, 11) is 0. The van der Waals surface area contributed by atoms with E-state index in [4.69, 9.17) is 15.2 Å². The minimum Gasteiger partial charge on any atom is -0.440 e. The Hall–Kier alpha value is -4.11. The zero-order valence-electron chi connectivity index (χ0n) is 18.6. The maximum Gasteiger partial charge on any atom is 0.343 e. The van der Waals surface area contributed by atoms with E-state index in [0.29, 0.717) is 22.4 Å². The number of hydrogen-bond donors (Lipinski definition) is 1. The summed E-state index contributed by atoms with van der Waals surface area (Å²) in [6.45, 7) is 6.29. The minimum atomic E-state index is -0.727. The van der Waals surface area contributed by atoms with E-state index in [1.54, 1.807) is 42.5 Å². The van der Waals surface area contributed by atoms with Gasteiger partial charge in [-0.2, -0.15) is 5.26 Å². The molecule has 0 amide bonds. The minimum absolute atomic E-state index is 0.0250. The number of hydrogen-bond acceptors (Lipinski definition) is 5. The lowest BCUT2D eigenvalue weighted by molar-refractivity contribution is 0.0734. The quantitative estimate of drug-likeness (QED) is 0.424. The van der Waals surface area contributed by atoms with Gasteiger partial charge in [0.1, 0.15) is 29.0 Å². The van der Waals surface area contributed by atoms with Crippen LogP contribution in [0, 0.1) is 17.1 Å². The second-order valence-electron chi connectivity index (χ2n) is 8.86. The summed E-state index contributed by atoms with van der Waals surface area (Å²) >= 11 is 0. The Morgan fingerprint density at radius 3 is 2.39 bits per heavy atom. The molecule has 33 heavy (non-hydrogen) atoms. The Bertz CT molecular complexity index is 1300. The van der Waals surface area contributed by atoms with Crippen LogP contribution in [0.5, 0.6) is 11.5 Å². The van der Waals surface area contributed by atoms with Crippen molar-refractivity contribution in [2.75, 3.05) is 0 Å². The van der Waals surface area contributed by atoms with Gasteiger partial charge >= 0.3 is 5.97 Å². The van der Waals surface area contributed by atoms with Crippen molar-refractivity contribution in [1.82, 2.24) is 0 Å². The van der Waals surface area contributed by atoms with E-state index in [-0.39, 0.29) is 22.6 Å². The van der Waals surface area contributed by atoms with Gasteiger partial charge in [0.2, 0.25) is 5.88 Å². The molecule has 1 aliphatic rings. The molecule has 0 radical (unpaired) electrons. The van der Waals surface area contributed by atoms with Crippen molar-refractivity contribution >= 4 is 5.97 Å². The highest BCUT2D eigenvalue weighted by Crippen LogP contribution is 2.44. The van der Waals surface area contributed by atoms with Gasteiger partial charge in [-0.05, 0) is 35.2 Å². The van der Waals surface area contributed by atoms with Crippen molar-refractivity contribution in [3.05, 3.63) is 106 Å². The fourth-order valence-electron chi connectivity index (χ4n) is 3.80. The molecule has 1 heterocycles. The maximum atomic E-state index is 14.6. The second kappa shape index (κ2) is 8.44. The molecule has 0 fully saturated rings. The highest BCUT2D eigenvalue weighted by Gasteiger charge is 2.32. The Labute approximate surface area is 191 Å². The fraction of sp³-hybridized carbons (Fsp3) is 0.185. The number of allylic oxidation sites excluding steroid dienone is 1. The monoisotopic (exact) mass is 442 g/mol. The smallest absolute Gasteiger partial charge is 0.343 e. The van der Waals surface area contributed by atoms with Crippen LogP contribution in [0.25, 0.3) is 0 Å². The summed E-state index contributed by atoms with van der Waals surface area (Å²) in [4.78, 5) is 12.6. The van der Waals surface area contributed by atoms with Crippen LogP contribution < -0.4 is 15.2 Å². The molecule has 4 rings (SSSR count). The first kappa shape index (κ1) is 22.1. The molecule has 0 aromatic heterocycles. The van der Waals surface area contributed by atoms with Crippen molar-refractivity contribution in [1.29, 1.82) is 5.26 Å². The summed E-state index contributed by atoms with van der Waals surface area (Å²) in [5.41, 5.74) is 8.46. The predicted octanol–water partition coefficient (Wildman–Crippen LogP) is 5.56. The molecule has 0 bridgehead atoms. The van der Waals surface area contributed by atoms with Crippen LogP contribution in [0.3, 0.4) is 0 Å². The van der Waals surface area contributed by atoms with Gasteiger partial charge in [-0.3, -0.25) is 0 Å². The largest absolute Gasteiger partial charge is 0.440 e. The van der Waals surface area contributed by atoms with E-state index in [0.717, 1.165) is 5.56 Å². The molecule has 3 aromatic carbocycles. The molecule has 0 saturated carbocycles. The summed E-state index contributed by atoms with van der Waals surface area (Å²) in [5, 5.41) is 9.62. The summed E-state index contributed by atoms with van der Waals surface area (Å²) < 4.78 is 25.7. The maximum absolute atomic E-state index is 14.6. The Kier molecular flexibility index (Phi) is 5.65. The highest BCUT2D eigenvalue weighted by molar-refractivity contribution is 5.91. The number of nitrogens with two attached hydrogens (primary N) is 1. The molecule has 0 spiro atoms. The molecule has 0 saturated heterocycles. The summed E-state index contributed by atoms with van der Waals surface area (Å²) in [5.74, 6) is -1.26. The van der Waals surface area contributed by atoms with Gasteiger partial charge in [0.05, 0.1) is 11.5 Å². The summed E-state index contributed by atoms with van der Waals surface area (Å²) in [6, 6.07) is 20.3. The lowest BCUT2D eigenvalue weighted by Gasteiger charge is -2.27. The molecular weight excluding hydrogens is 419 g/mol. The van der Waals surface area contributed by atoms with Crippen LogP contribution in [-0.2, 0) is 5.41 Å². The number of fused-ring (bicyclic) bond motifs is 1. The zero-order chi connectivity index (χ0) is 23.8. The van der Waals surface area contributed by atoms with Crippen LogP contribution in [-0.4, -0.2) is 5.97 Å². The van der Waals surface area contributed by atoms with E-state index in [1.165, 1.54) is 12.1 Å². The third-order valence-corrected chi connectivity index (χ3v) is 5.60. The molecule has 5 nitrogen and oxygen atoms in total. The van der Waals surface area contributed by atoms with E-state index in [9.17, 15) is 14.4 Å². The average molecular weight is 442 g/mol. The third kappa shape index (κ3) is 4.31. The molecule has 3 aromatic rings. The summed E-state index contributed by atoms with van der Waals surface area (Å²) in [6.07, 6.45) is 0. The van der Waals surface area contributed by atoms with Crippen LogP contribution in [0.1, 0.15) is 53.7 Å². The van der Waals surface area contributed by atoms with Crippen LogP contribution in [0.2, 0.25) is 0 Å². The number of halogens is 1. The molecular formula is C27H23FN2O3. The molecule has 1 aliphatic heterocycles. The van der Waals surface area contributed by atoms with E-state index in [2.05, 4.69) is 20.8 Å². The number of esters is 1. The molecule has 1 unspecified atom stereocenters. The van der Waals surface area contributed by atoms with Crippen LogP contribution in [0.4, 0.5) is 4.39 Å². The Morgan fingerprint density at radius 2 is 1.76 bits per heavy atom. The number of ether oxygens (including phenoxy) is 2. The molecule has 2 N–H and O–H groups in total. The number of benzene rings is 3. The number of carbonyl (C=O) groups excluding carboxylic acids is 1. The normalized spacial score (nSPS) is 15.3. The Balaban J connectivity index is 1.64. The van der Waals surface area contributed by atoms with Crippen molar-refractivity contribution in [2.45, 2.75) is 32.1 Å². The van der Waals surface area contributed by atoms with Gasteiger partial charge < -0.3 is 15.2 Å². The van der Waals surface area contributed by atoms with Crippen molar-refractivity contribution in [3.63, 3.8) is 0 Å². The first-order valence-corrected chi connectivity index (χ1v) is 10.5. The number of nitriles is 1. The van der Waals surface area contributed by atoms with Crippen molar-refractivity contribution in [2.24, 2.45) is 5.73 Å². The van der Waals surface area contributed by atoms with E-state index >= 15 is 0 Å². The molecule has 0 aliphatic carbocycles. The highest BCUT2D eigenvalue weighted by atomic mass is 19.1. The number of carbonyl (C=O) groups is 1. The molecule has 6 heteroatoms. The van der Waals surface area contributed by atoms with Gasteiger partial charge in [-0.15, -0.1) is 0 Å². The number of nitrogens with zero attached hydrogens (tertiary/aromatic N) is 1. The van der Waals surface area contributed by atoms with Crippen LogP contribution >= 0.6 is 0 Å². The van der Waals surface area contributed by atoms with Gasteiger partial charge in [0, 0.05) is 17.2 Å². The van der Waals surface area contributed by atoms with Crippen LogP contribution in [0.15, 0.2) is 78.2 Å². The first-order valence-electron chi connectivity index (χ1n) is 10.5. The van der Waals surface area contributed by atoms with E-state index < -0.39 is 17.7 Å². The van der Waals surface area contributed by atoms with Crippen molar-refractivity contribution in [3.8, 4) is 17.6 Å². The molecule has 166 valence electrons. The lowest BCUT2D eigenvalue weighted by atomic mass is 9.83. The van der Waals surface area contributed by atoms with E-state index in [1.807, 2.05) is 18.2 Å². The Morgan fingerprint density at radius 1 is 1.06 bits per heavy atom. The SMILES string of the molecule is CC(C)(C)c1ccc(C(=O)Oc2ccc3c(c2)OC(N)=C(C#N)C3c2ccccc2F)cc1. The lowest BCUT2D eigenvalue weighted by Crippen LogP contribution is -2.21. The standard InChI is InChI=1S/C27H23FN2O3/c1-27(2,3)17-10-8-16(9-11-17)26(31)32-18-12-13-20-23(14-18)33-25(30)21(15-29)24(20)19-6-4-5-7-22(19)28/h4-14,24H,30H2,1-3H3. The zero-order valence-corrected chi connectivity index (χ0v) is 18.6. The first-order chi connectivity index (χ1) is 15.7. The van der Waals surface area contributed by atoms with Crippen molar-refractivity contribution < 1.29 is 18.7 Å². The topological polar surface area (TPSA) is 85.3 Å². The second-order valence-corrected chi connectivity index (χ2v) is 8.86. The number of rotatable bonds is 3. The van der Waals surface area contributed by atoms with Gasteiger partial charge in [-0.1, -0.05) is 57.2 Å². The van der Waals surface area contributed by atoms with Gasteiger partial charge in [0.25, 0.3) is 0 Å². The third-order valence-electron chi connectivity index (χ3n) is 5.60. The molecule has 1 atom stereocenters. The van der Waals surface area contributed by atoms with Gasteiger partial charge in [-0.25, -0.2) is 9.18 Å². The fourth-order valence-corrected chi connectivity index (χ4v) is 3.80. The predicted molar refractivity (Wildman–Crippen MR) is 122 cm³/mol.